The van der Waals surface area contributed by atoms with Crippen LogP contribution in [0.5, 0.6) is 0 Å². The smallest absolute Gasteiger partial charge is 0.293 e. The molecule has 156 valence electrons. The Bertz CT molecular complexity index is 424. The van der Waals surface area contributed by atoms with E-state index in [0.29, 0.717) is 6.42 Å². The Labute approximate surface area is 160 Å². The van der Waals surface area contributed by atoms with Gasteiger partial charge in [-0.05, 0) is 12.8 Å². The molecule has 2 saturated heterocycles. The summed E-state index contributed by atoms with van der Waals surface area (Å²) in [5, 5.41) is 17.4. The van der Waals surface area contributed by atoms with E-state index in [-0.39, 0.29) is 25.7 Å². The van der Waals surface area contributed by atoms with Crippen LogP contribution in [0.25, 0.3) is 0 Å². The average Bonchev–Trinajstić information content (AvgIpc) is 3.08. The second kappa shape index (κ2) is 11.6. The molecule has 11 heteroatoms. The van der Waals surface area contributed by atoms with Crippen molar-refractivity contribution in [2.24, 2.45) is 0 Å². The second-order valence-corrected chi connectivity index (χ2v) is 6.40. The van der Waals surface area contributed by atoms with Gasteiger partial charge in [-0.3, -0.25) is 0 Å². The molecule has 6 nitrogen and oxygen atoms in total. The van der Waals surface area contributed by atoms with Crippen LogP contribution in [-0.4, -0.2) is 101 Å². The van der Waals surface area contributed by atoms with E-state index >= 15 is 0 Å². The van der Waals surface area contributed by atoms with Crippen LogP contribution in [0.15, 0.2) is 0 Å². The molecule has 0 aromatic heterocycles. The summed E-state index contributed by atoms with van der Waals surface area (Å²) in [4.78, 5) is 0. The van der Waals surface area contributed by atoms with Gasteiger partial charge in [-0.15, -0.1) is 0 Å². The third-order valence-corrected chi connectivity index (χ3v) is 4.73. The monoisotopic (exact) mass is 396 g/mol. The maximum Gasteiger partial charge on any atom is 0.293 e. The van der Waals surface area contributed by atoms with Crippen molar-refractivity contribution in [2.45, 2.75) is 75.0 Å². The molecule has 27 heavy (non-hydrogen) atoms. The molecular weight excluding hydrogens is 367 g/mol. The third kappa shape index (κ3) is 5.83. The van der Waals surface area contributed by atoms with E-state index in [9.17, 15) is 13.2 Å². The molecule has 2 radical (unpaired) electrons. The van der Waals surface area contributed by atoms with E-state index in [4.69, 9.17) is 29.2 Å². The number of ether oxygens (including phenoxy) is 4. The Morgan fingerprint density at radius 3 is 2.00 bits per heavy atom. The fourth-order valence-electron chi connectivity index (χ4n) is 3.37. The van der Waals surface area contributed by atoms with Gasteiger partial charge in [0, 0.05) is 27.4 Å². The molecule has 2 heterocycles. The van der Waals surface area contributed by atoms with Gasteiger partial charge in [0.25, 0.3) is 5.92 Å². The molecule has 0 bridgehead atoms. The van der Waals surface area contributed by atoms with Gasteiger partial charge in [0.15, 0.2) is 7.28 Å². The highest BCUT2D eigenvalue weighted by molar-refractivity contribution is 6.36. The lowest BCUT2D eigenvalue weighted by atomic mass is 9.71. The number of rotatable bonds is 8. The molecule has 2 aliphatic heterocycles. The normalized spacial score (nSPS) is 37.6. The molecule has 2 aliphatic rings. The number of hydrogen-bond donors (Lipinski definition) is 2. The predicted octanol–water partition coefficient (Wildman–Crippen LogP) is 0.695. The van der Waals surface area contributed by atoms with Gasteiger partial charge in [-0.25, -0.2) is 13.2 Å². The summed E-state index contributed by atoms with van der Waals surface area (Å²) in [6, 6.07) is -1.72. The standard InChI is InChI=1S/C8H14BF2O3.C8H15BFO3/c1-9-7-8(10,11)6(13-2)5(14-7)3-4-12;1-9-8-6(10)7(12-2)5(13-8)3-4-11/h5-7,12H,3-4H2,1-2H3;5-8,11H,3-4H2,1-2H3/t5-,6?,7-;5-,6+,7?,8-/m11/s1. The molecule has 0 aromatic rings. The van der Waals surface area contributed by atoms with Crippen LogP contribution in [0.3, 0.4) is 0 Å². The molecule has 0 saturated carbocycles. The molecule has 2 unspecified atom stereocenters. The highest BCUT2D eigenvalue weighted by Crippen LogP contribution is 2.38. The first-order valence-corrected chi connectivity index (χ1v) is 9.01. The minimum atomic E-state index is -3.01. The molecule has 0 aliphatic carbocycles. The van der Waals surface area contributed by atoms with Crippen molar-refractivity contribution in [1.29, 1.82) is 0 Å². The van der Waals surface area contributed by atoms with Gasteiger partial charge in [-0.1, -0.05) is 13.6 Å². The van der Waals surface area contributed by atoms with E-state index in [2.05, 4.69) is 0 Å². The van der Waals surface area contributed by atoms with Crippen LogP contribution in [0.1, 0.15) is 12.8 Å². The number of methoxy groups -OCH3 is 2. The molecule has 2 rings (SSSR count). The molecular formula is C16H29B2F3O6. The summed E-state index contributed by atoms with van der Waals surface area (Å²) in [5.41, 5.74) is 0. The maximum absolute atomic E-state index is 13.5. The SMILES string of the molecule is C[B][C@@H]1O[C@H](CCO)C(OC)C1(F)F.C[B][C@@H]1O[C@H](CCO)C(OC)[C@@H]1F. The number of aliphatic hydroxyl groups is 2. The molecule has 7 atom stereocenters. The van der Waals surface area contributed by atoms with Crippen LogP contribution in [0.4, 0.5) is 13.2 Å². The van der Waals surface area contributed by atoms with Gasteiger partial charge >= 0.3 is 0 Å². The Hall–Kier alpha value is -0.320. The van der Waals surface area contributed by atoms with Crippen molar-refractivity contribution in [2.75, 3.05) is 27.4 Å². The lowest BCUT2D eigenvalue weighted by molar-refractivity contribution is -0.107. The Kier molecular flexibility index (Phi) is 10.6. The van der Waals surface area contributed by atoms with Crippen LogP contribution in [0.2, 0.25) is 13.6 Å². The van der Waals surface area contributed by atoms with Crippen molar-refractivity contribution in [3.8, 4) is 0 Å². The Balaban J connectivity index is 0.000000271. The topological polar surface area (TPSA) is 77.4 Å². The second-order valence-electron chi connectivity index (χ2n) is 6.40. The van der Waals surface area contributed by atoms with Gasteiger partial charge in [0.1, 0.15) is 25.7 Å². The van der Waals surface area contributed by atoms with Crippen LogP contribution in [-0.2, 0) is 18.9 Å². The molecule has 2 fully saturated rings. The maximum atomic E-state index is 13.5. The zero-order valence-corrected chi connectivity index (χ0v) is 16.2. The van der Waals surface area contributed by atoms with Crippen LogP contribution < -0.4 is 0 Å². The number of halogens is 3. The molecule has 2 N–H and O–H groups in total. The summed E-state index contributed by atoms with van der Waals surface area (Å²) in [6.07, 6.45) is -3.41. The highest BCUT2D eigenvalue weighted by Gasteiger charge is 2.57. The Morgan fingerprint density at radius 1 is 0.963 bits per heavy atom. The molecule has 0 amide bonds. The summed E-state index contributed by atoms with van der Waals surface area (Å²) in [5.74, 6) is -3.01. The van der Waals surface area contributed by atoms with E-state index in [0.717, 1.165) is 0 Å². The summed E-state index contributed by atoms with van der Waals surface area (Å²) < 4.78 is 60.6. The van der Waals surface area contributed by atoms with Gasteiger partial charge in [0.2, 0.25) is 0 Å². The first kappa shape index (κ1) is 24.7. The largest absolute Gasteiger partial charge is 0.396 e. The van der Waals surface area contributed by atoms with Gasteiger partial charge < -0.3 is 29.2 Å². The lowest BCUT2D eigenvalue weighted by Crippen LogP contribution is -2.43. The third-order valence-electron chi connectivity index (χ3n) is 4.73. The van der Waals surface area contributed by atoms with Crippen molar-refractivity contribution >= 4 is 14.6 Å². The first-order chi connectivity index (χ1) is 12.8. The van der Waals surface area contributed by atoms with Crippen molar-refractivity contribution < 1.29 is 42.3 Å². The van der Waals surface area contributed by atoms with Crippen molar-refractivity contribution in [1.82, 2.24) is 0 Å². The first-order valence-electron chi connectivity index (χ1n) is 9.01. The number of alkyl halides is 3. The zero-order valence-electron chi connectivity index (χ0n) is 16.2. The molecule has 0 aromatic carbocycles. The van der Waals surface area contributed by atoms with Gasteiger partial charge in [-0.2, -0.15) is 0 Å². The van der Waals surface area contributed by atoms with E-state index in [1.807, 2.05) is 0 Å². The lowest BCUT2D eigenvalue weighted by Gasteiger charge is -2.21. The van der Waals surface area contributed by atoms with Gasteiger partial charge in [0.05, 0.1) is 24.2 Å². The quantitative estimate of drug-likeness (QED) is 0.589. The van der Waals surface area contributed by atoms with E-state index in [1.165, 1.54) is 28.3 Å². The summed E-state index contributed by atoms with van der Waals surface area (Å²) >= 11 is 0. The van der Waals surface area contributed by atoms with Crippen LogP contribution in [0, 0.1) is 0 Å². The fraction of sp³-hybridized carbons (Fsp3) is 1.00. The summed E-state index contributed by atoms with van der Waals surface area (Å²) in [6.45, 7) is 3.09. The zero-order chi connectivity index (χ0) is 20.6. The predicted molar refractivity (Wildman–Crippen MR) is 95.4 cm³/mol. The highest BCUT2D eigenvalue weighted by atomic mass is 19.3. The van der Waals surface area contributed by atoms with E-state index < -0.39 is 42.4 Å². The fourth-order valence-corrected chi connectivity index (χ4v) is 3.37. The van der Waals surface area contributed by atoms with E-state index in [1.54, 1.807) is 14.1 Å². The van der Waals surface area contributed by atoms with Crippen molar-refractivity contribution in [3.05, 3.63) is 0 Å². The molecule has 0 spiro atoms. The number of aliphatic hydroxyl groups excluding tert-OH is 2. The number of hydrogen-bond acceptors (Lipinski definition) is 6. The van der Waals surface area contributed by atoms with Crippen molar-refractivity contribution in [3.63, 3.8) is 0 Å². The van der Waals surface area contributed by atoms with Crippen LogP contribution >= 0.6 is 0 Å². The minimum Gasteiger partial charge on any atom is -0.396 e. The Morgan fingerprint density at radius 2 is 1.56 bits per heavy atom. The average molecular weight is 396 g/mol. The summed E-state index contributed by atoms with van der Waals surface area (Å²) in [7, 11) is 5.67. The minimum absolute atomic E-state index is 0.00627.